The van der Waals surface area contributed by atoms with Crippen LogP contribution >= 0.6 is 0 Å². The van der Waals surface area contributed by atoms with Gasteiger partial charge in [0.1, 0.15) is 22.6 Å². The first-order valence-corrected chi connectivity index (χ1v) is 51.0. The molecule has 0 aliphatic heterocycles. The summed E-state index contributed by atoms with van der Waals surface area (Å²) in [4.78, 5) is 37.4. The van der Waals surface area contributed by atoms with Crippen LogP contribution in [0.25, 0.3) is 316 Å². The van der Waals surface area contributed by atoms with Gasteiger partial charge in [-0.3, -0.25) is 13.7 Å². The predicted molar refractivity (Wildman–Crippen MR) is 618 cm³/mol. The normalized spacial score (nSPS) is 12.0. The van der Waals surface area contributed by atoms with Gasteiger partial charge in [-0.15, -0.1) is 0 Å². The molecule has 0 unspecified atom stereocenters. The average molecular weight is 1910 g/mol. The predicted octanol–water partition coefficient (Wildman–Crippen LogP) is 36.1. The van der Waals surface area contributed by atoms with E-state index in [1.54, 1.807) is 0 Å². The van der Waals surface area contributed by atoms with Gasteiger partial charge in [0, 0.05) is 82.0 Å². The first kappa shape index (κ1) is 84.3. The van der Waals surface area contributed by atoms with Crippen molar-refractivity contribution >= 4 is 142 Å². The van der Waals surface area contributed by atoms with Crippen LogP contribution in [0.5, 0.6) is 0 Å². The van der Waals surface area contributed by atoms with E-state index in [9.17, 15) is 0 Å². The Balaban J connectivity index is 0.000000101. The zero-order valence-corrected chi connectivity index (χ0v) is 80.7. The Bertz CT molecular complexity index is 10900. The van der Waals surface area contributed by atoms with Crippen molar-refractivity contribution in [3.05, 3.63) is 497 Å². The fourth-order valence-electron chi connectivity index (χ4n) is 24.4. The lowest BCUT2D eigenvalue weighted by atomic mass is 9.91. The molecule has 0 atom stereocenters. The molecule has 23 aromatic carbocycles. The maximum absolute atomic E-state index is 6.26. The van der Waals surface area contributed by atoms with Crippen molar-refractivity contribution in [1.82, 2.24) is 48.6 Å². The van der Waals surface area contributed by atoms with Gasteiger partial charge in [-0.2, -0.15) is 9.97 Å². The van der Waals surface area contributed by atoms with E-state index in [0.717, 1.165) is 150 Å². The summed E-state index contributed by atoms with van der Waals surface area (Å²) in [5, 5.41) is 17.0. The van der Waals surface area contributed by atoms with Crippen molar-refractivity contribution in [2.45, 2.75) is 0 Å². The number of hydrogen-bond acceptors (Lipinski definition) is 8. The molecule has 0 bridgehead atoms. The molecule has 0 spiro atoms. The second kappa shape index (κ2) is 33.7. The van der Waals surface area contributed by atoms with Gasteiger partial charge in [-0.05, 0) is 218 Å². The number of para-hydroxylation sites is 5. The minimum absolute atomic E-state index is 0.595. The van der Waals surface area contributed by atoms with Crippen LogP contribution in [-0.4, -0.2) is 48.6 Å². The Hall–Kier alpha value is -20.3. The van der Waals surface area contributed by atoms with Crippen molar-refractivity contribution in [2.24, 2.45) is 0 Å². The third-order valence-electron chi connectivity index (χ3n) is 30.8. The molecule has 33 rings (SSSR count). The monoisotopic (exact) mass is 1910 g/mol. The molecule has 0 N–H and O–H groups in total. The Morgan fingerprint density at radius 1 is 0.160 bits per heavy atom. The van der Waals surface area contributed by atoms with E-state index < -0.39 is 0 Å². The fourth-order valence-corrected chi connectivity index (χ4v) is 24.4. The first-order valence-electron chi connectivity index (χ1n) is 51.0. The van der Waals surface area contributed by atoms with E-state index >= 15 is 0 Å². The lowest BCUT2D eigenvalue weighted by molar-refractivity contribution is 0.669. The van der Waals surface area contributed by atoms with E-state index in [1.165, 1.54) is 148 Å². The third-order valence-corrected chi connectivity index (χ3v) is 30.8. The molecule has 7 heterocycles. The fraction of sp³-hybridized carbons (Fsp3) is 0. The number of fused-ring (bicyclic) bond motifs is 14. The molecule has 150 heavy (non-hydrogen) atoms. The summed E-state index contributed by atoms with van der Waals surface area (Å²) in [5.41, 5.74) is 41.5. The molecule has 0 radical (unpaired) electrons. The topological polar surface area (TPSA) is 118 Å². The Labute approximate surface area is 860 Å². The summed E-state index contributed by atoms with van der Waals surface area (Å²) in [6.07, 6.45) is 0. The molecule has 3 aliphatic carbocycles. The molecule has 0 saturated carbocycles. The van der Waals surface area contributed by atoms with Crippen LogP contribution in [0.1, 0.15) is 0 Å². The number of benzene rings is 23. The van der Waals surface area contributed by atoms with E-state index in [0.29, 0.717) is 17.6 Å². The summed E-state index contributed by atoms with van der Waals surface area (Å²) in [5.74, 6) is 3.49. The SMILES string of the molecule is c1ccc(-c2cc3cccc4c3c3c5c(cccc5n(-c5nc6ccccc6nc5-c5ccc6oc7ccccc7c6c5)c23)-c2ccccc2-4)cc1.c1ccc(-c2cccc(-c3nc4ccccc4nc3-n3c4cccc5c4c4c6c(cccc6cc(-c6ccccc6)c43)-c3ccccc3-5)c2)cc1.c1ccc(-c2nc(-c3ccccc3)nc(-n3c4cccc5c4c4c6c(cccc6cc(-c6ccccc6)c43)-c3ccccc3-5)n2)cc1. The molecule has 0 amide bonds. The molecule has 11 heteroatoms. The van der Waals surface area contributed by atoms with Crippen LogP contribution in [0.3, 0.4) is 0 Å². The standard InChI is InChI=1S/C48H27N3O.C48H29N3.C43H26N4/c1-2-12-28(13-3-1)36-26-29-14-10-18-34-31-15-4-5-16-32(31)35-19-11-22-40-44(35)45(43(29)34)47(36)51(40)48-46(49-38-20-7-8-21-39(38)50-48)30-24-25-42-37(27-30)33-17-6-9-23-41(33)52-42;1-3-14-30(15-4-1)32-18-11-20-34(28-32)46-48(50-41-26-10-9-25-40(41)49-46)51-42-27-13-24-38-36-22-8-7-21-35(36)37-23-12-19-33-29-39(31-16-5-2-6-17-31)47(51)45(43(33)37)44(38)42;1-4-14-27(15-5-1)35-26-30-20-12-23-33-31-21-10-11-22-32(31)34-24-13-25-36-38(34)39(37(30)33)40(35)47(36)43-45-41(28-16-6-2-7-17-28)44-42(46-43)29-18-8-3-9-19-29/h1-27H;1-29H;1-26H. The van der Waals surface area contributed by atoms with E-state index in [2.05, 4.69) is 438 Å². The highest BCUT2D eigenvalue weighted by molar-refractivity contribution is 6.37. The van der Waals surface area contributed by atoms with Crippen LogP contribution in [0, 0.1) is 0 Å². The van der Waals surface area contributed by atoms with Gasteiger partial charge in [0.05, 0.1) is 55.2 Å². The van der Waals surface area contributed by atoms with Crippen LogP contribution in [0.4, 0.5) is 0 Å². The maximum atomic E-state index is 6.26. The van der Waals surface area contributed by atoms with Gasteiger partial charge in [0.15, 0.2) is 23.3 Å². The number of nitrogens with zero attached hydrogens (tertiary/aromatic N) is 10. The summed E-state index contributed by atoms with van der Waals surface area (Å²) in [6, 6.07) is 177. The van der Waals surface area contributed by atoms with Crippen LogP contribution in [0.15, 0.2) is 502 Å². The minimum atomic E-state index is 0.595. The highest BCUT2D eigenvalue weighted by Gasteiger charge is 2.35. The summed E-state index contributed by atoms with van der Waals surface area (Å²) in [6.45, 7) is 0. The lowest BCUT2D eigenvalue weighted by Gasteiger charge is -2.18. The summed E-state index contributed by atoms with van der Waals surface area (Å²) >= 11 is 0. The van der Waals surface area contributed by atoms with E-state index in [-0.39, 0.29) is 0 Å². The van der Waals surface area contributed by atoms with Crippen LogP contribution in [0.2, 0.25) is 0 Å². The largest absolute Gasteiger partial charge is 0.456 e. The molecule has 7 aromatic heterocycles. The van der Waals surface area contributed by atoms with Gasteiger partial charge in [-0.1, -0.05) is 406 Å². The summed E-state index contributed by atoms with van der Waals surface area (Å²) < 4.78 is 13.3. The molecule has 3 aliphatic rings. The van der Waals surface area contributed by atoms with Crippen molar-refractivity contribution in [1.29, 1.82) is 0 Å². The quantitative estimate of drug-likeness (QED) is 0.126. The highest BCUT2D eigenvalue weighted by atomic mass is 16.3. The maximum Gasteiger partial charge on any atom is 0.238 e. The summed E-state index contributed by atoms with van der Waals surface area (Å²) in [7, 11) is 0. The van der Waals surface area contributed by atoms with Crippen molar-refractivity contribution in [3.8, 4) is 174 Å². The van der Waals surface area contributed by atoms with Gasteiger partial charge < -0.3 is 4.42 Å². The second-order valence-corrected chi connectivity index (χ2v) is 39.0. The smallest absolute Gasteiger partial charge is 0.238 e. The van der Waals surface area contributed by atoms with Crippen molar-refractivity contribution < 1.29 is 4.42 Å². The molecule has 11 nitrogen and oxygen atoms in total. The van der Waals surface area contributed by atoms with Gasteiger partial charge in [0.2, 0.25) is 5.95 Å². The number of hydrogen-bond donors (Lipinski definition) is 0. The van der Waals surface area contributed by atoms with Crippen LogP contribution in [-0.2, 0) is 0 Å². The van der Waals surface area contributed by atoms with Crippen LogP contribution < -0.4 is 0 Å². The highest BCUT2D eigenvalue weighted by Crippen LogP contribution is 2.58. The molecule has 30 aromatic rings. The van der Waals surface area contributed by atoms with E-state index in [1.807, 2.05) is 72.8 Å². The Morgan fingerprint density at radius 2 is 0.453 bits per heavy atom. The second-order valence-electron chi connectivity index (χ2n) is 39.0. The molecule has 0 saturated heterocycles. The molecular formula is C139H82N10O. The minimum Gasteiger partial charge on any atom is -0.456 e. The molecule has 694 valence electrons. The zero-order valence-electron chi connectivity index (χ0n) is 80.7. The molecule has 0 fully saturated rings. The zero-order chi connectivity index (χ0) is 98.3. The Morgan fingerprint density at radius 3 is 0.860 bits per heavy atom. The number of aromatic nitrogens is 10. The van der Waals surface area contributed by atoms with Gasteiger partial charge in [-0.25, -0.2) is 24.9 Å². The van der Waals surface area contributed by atoms with E-state index in [4.69, 9.17) is 39.3 Å². The van der Waals surface area contributed by atoms with Gasteiger partial charge >= 0.3 is 0 Å². The lowest BCUT2D eigenvalue weighted by Crippen LogP contribution is -2.07. The van der Waals surface area contributed by atoms with Gasteiger partial charge in [0.25, 0.3) is 0 Å². The number of rotatable bonds is 11. The van der Waals surface area contributed by atoms with Crippen molar-refractivity contribution in [3.63, 3.8) is 0 Å². The van der Waals surface area contributed by atoms with Crippen molar-refractivity contribution in [2.75, 3.05) is 0 Å². The number of furan rings is 1. The first-order chi connectivity index (χ1) is 74.4. The molecular weight excluding hydrogens is 1830 g/mol. The third kappa shape index (κ3) is 13.0. The Kier molecular flexibility index (Phi) is 18.9. The average Bonchev–Trinajstić information content (AvgIpc) is 1.50.